The number of nitrogens with zero attached hydrogens (tertiary/aromatic N) is 1. The average Bonchev–Trinajstić information content (AvgIpc) is 3.07. The number of carbonyl (C=O) groups excluding carboxylic acids is 1. The van der Waals surface area contributed by atoms with E-state index >= 15 is 0 Å². The van der Waals surface area contributed by atoms with Crippen LogP contribution >= 0.6 is 0 Å². The topological polar surface area (TPSA) is 68.3 Å². The van der Waals surface area contributed by atoms with Crippen LogP contribution in [0.5, 0.6) is 0 Å². The van der Waals surface area contributed by atoms with Crippen LogP contribution in [-0.2, 0) is 17.8 Å². The first-order valence-electron chi connectivity index (χ1n) is 6.36. The minimum Gasteiger partial charge on any atom is -0.467 e. The maximum Gasteiger partial charge on any atom is 0.226 e. The standard InChI is InChI=1S/C15H14N2O3/c1-10-4-5-14-12(7-10)13(17-20-14)8-15(18)16-9-11-3-2-6-19-11/h2-7H,8-9H2,1H3,(H,16,18). The van der Waals surface area contributed by atoms with Gasteiger partial charge in [-0.15, -0.1) is 0 Å². The van der Waals surface area contributed by atoms with Gasteiger partial charge in [-0.05, 0) is 31.2 Å². The van der Waals surface area contributed by atoms with Gasteiger partial charge in [0.15, 0.2) is 5.58 Å². The maximum absolute atomic E-state index is 11.9. The molecule has 2 heterocycles. The molecular weight excluding hydrogens is 256 g/mol. The minimum absolute atomic E-state index is 0.113. The van der Waals surface area contributed by atoms with Crippen molar-refractivity contribution in [2.75, 3.05) is 0 Å². The lowest BCUT2D eigenvalue weighted by Crippen LogP contribution is -2.24. The first-order valence-corrected chi connectivity index (χ1v) is 6.36. The summed E-state index contributed by atoms with van der Waals surface area (Å²) in [6, 6.07) is 9.39. The second-order valence-electron chi connectivity index (χ2n) is 4.66. The zero-order valence-corrected chi connectivity index (χ0v) is 11.1. The highest BCUT2D eigenvalue weighted by Gasteiger charge is 2.12. The summed E-state index contributed by atoms with van der Waals surface area (Å²) < 4.78 is 10.4. The Bertz CT molecular complexity index is 729. The van der Waals surface area contributed by atoms with Crippen LogP contribution in [0.1, 0.15) is 17.0 Å². The summed E-state index contributed by atoms with van der Waals surface area (Å²) in [7, 11) is 0. The predicted molar refractivity (Wildman–Crippen MR) is 73.0 cm³/mol. The van der Waals surface area contributed by atoms with E-state index in [2.05, 4.69) is 10.5 Å². The van der Waals surface area contributed by atoms with E-state index in [4.69, 9.17) is 8.94 Å². The average molecular weight is 270 g/mol. The van der Waals surface area contributed by atoms with Gasteiger partial charge < -0.3 is 14.3 Å². The molecule has 5 heteroatoms. The van der Waals surface area contributed by atoms with Gasteiger partial charge in [-0.25, -0.2) is 0 Å². The van der Waals surface area contributed by atoms with E-state index in [1.54, 1.807) is 12.3 Å². The van der Waals surface area contributed by atoms with Crippen LogP contribution in [0.3, 0.4) is 0 Å². The van der Waals surface area contributed by atoms with E-state index in [-0.39, 0.29) is 12.3 Å². The number of fused-ring (bicyclic) bond motifs is 1. The van der Waals surface area contributed by atoms with Gasteiger partial charge in [-0.3, -0.25) is 4.79 Å². The molecule has 0 spiro atoms. The third-order valence-electron chi connectivity index (χ3n) is 3.07. The lowest BCUT2D eigenvalue weighted by Gasteiger charge is -2.01. The van der Waals surface area contributed by atoms with Gasteiger partial charge in [-0.1, -0.05) is 16.8 Å². The number of amides is 1. The summed E-state index contributed by atoms with van der Waals surface area (Å²) in [5.41, 5.74) is 2.46. The SMILES string of the molecule is Cc1ccc2onc(CC(=O)NCc3ccco3)c2c1. The van der Waals surface area contributed by atoms with Gasteiger partial charge in [-0.2, -0.15) is 0 Å². The highest BCUT2D eigenvalue weighted by Crippen LogP contribution is 2.20. The van der Waals surface area contributed by atoms with Gasteiger partial charge in [0, 0.05) is 5.39 Å². The first kappa shape index (κ1) is 12.5. The van der Waals surface area contributed by atoms with Gasteiger partial charge >= 0.3 is 0 Å². The van der Waals surface area contributed by atoms with Crippen molar-refractivity contribution in [3.05, 3.63) is 53.6 Å². The summed E-state index contributed by atoms with van der Waals surface area (Å²) in [5, 5.41) is 7.64. The fourth-order valence-electron chi connectivity index (χ4n) is 2.04. The Labute approximate surface area is 115 Å². The Morgan fingerprint density at radius 1 is 1.35 bits per heavy atom. The van der Waals surface area contributed by atoms with Crippen LogP contribution in [0.2, 0.25) is 0 Å². The van der Waals surface area contributed by atoms with Gasteiger partial charge in [0.05, 0.1) is 19.2 Å². The zero-order valence-electron chi connectivity index (χ0n) is 11.1. The van der Waals surface area contributed by atoms with E-state index in [1.165, 1.54) is 0 Å². The van der Waals surface area contributed by atoms with E-state index in [9.17, 15) is 4.79 Å². The van der Waals surface area contributed by atoms with Crippen molar-refractivity contribution in [3.63, 3.8) is 0 Å². The zero-order chi connectivity index (χ0) is 13.9. The molecule has 0 atom stereocenters. The monoisotopic (exact) mass is 270 g/mol. The Balaban J connectivity index is 1.69. The molecule has 20 heavy (non-hydrogen) atoms. The summed E-state index contributed by atoms with van der Waals surface area (Å²) in [6.07, 6.45) is 1.77. The quantitative estimate of drug-likeness (QED) is 0.791. The Kier molecular flexibility index (Phi) is 3.25. The molecule has 0 aliphatic carbocycles. The van der Waals surface area contributed by atoms with Crippen LogP contribution in [-0.4, -0.2) is 11.1 Å². The number of benzene rings is 1. The van der Waals surface area contributed by atoms with E-state index in [1.807, 2.05) is 31.2 Å². The molecule has 0 aliphatic heterocycles. The molecule has 2 aromatic heterocycles. The summed E-state index contributed by atoms with van der Waals surface area (Å²) in [5.74, 6) is 0.609. The predicted octanol–water partition coefficient (Wildman–Crippen LogP) is 2.59. The summed E-state index contributed by atoms with van der Waals surface area (Å²) in [4.78, 5) is 11.9. The van der Waals surface area contributed by atoms with Crippen molar-refractivity contribution in [2.45, 2.75) is 19.9 Å². The van der Waals surface area contributed by atoms with Crippen LogP contribution in [0.4, 0.5) is 0 Å². The highest BCUT2D eigenvalue weighted by atomic mass is 16.5. The molecule has 0 bridgehead atoms. The lowest BCUT2D eigenvalue weighted by atomic mass is 10.1. The van der Waals surface area contributed by atoms with Gasteiger partial charge in [0.25, 0.3) is 0 Å². The number of hydrogen-bond acceptors (Lipinski definition) is 4. The van der Waals surface area contributed by atoms with E-state index in [0.29, 0.717) is 17.8 Å². The second-order valence-corrected chi connectivity index (χ2v) is 4.66. The van der Waals surface area contributed by atoms with Crippen molar-refractivity contribution in [1.29, 1.82) is 0 Å². The molecule has 5 nitrogen and oxygen atoms in total. The first-order chi connectivity index (χ1) is 9.72. The third-order valence-corrected chi connectivity index (χ3v) is 3.07. The maximum atomic E-state index is 11.9. The highest BCUT2D eigenvalue weighted by molar-refractivity contribution is 5.86. The minimum atomic E-state index is -0.113. The summed E-state index contributed by atoms with van der Waals surface area (Å²) >= 11 is 0. The fourth-order valence-corrected chi connectivity index (χ4v) is 2.04. The molecule has 3 rings (SSSR count). The molecule has 0 unspecified atom stereocenters. The fraction of sp³-hybridized carbons (Fsp3) is 0.200. The number of furan rings is 1. The molecule has 1 aromatic carbocycles. The van der Waals surface area contributed by atoms with Crippen molar-refractivity contribution >= 4 is 16.9 Å². The molecule has 102 valence electrons. The normalized spacial score (nSPS) is 10.8. The molecule has 0 saturated heterocycles. The number of aryl methyl sites for hydroxylation is 1. The molecule has 3 aromatic rings. The van der Waals surface area contributed by atoms with Crippen molar-refractivity contribution in [1.82, 2.24) is 10.5 Å². The number of rotatable bonds is 4. The Morgan fingerprint density at radius 2 is 2.25 bits per heavy atom. The number of hydrogen-bond donors (Lipinski definition) is 1. The van der Waals surface area contributed by atoms with Crippen LogP contribution in [0, 0.1) is 6.92 Å². The molecule has 0 saturated carbocycles. The molecule has 1 N–H and O–H groups in total. The number of nitrogens with one attached hydrogen (secondary N) is 1. The van der Waals surface area contributed by atoms with E-state index < -0.39 is 0 Å². The van der Waals surface area contributed by atoms with Gasteiger partial charge in [0.2, 0.25) is 5.91 Å². The number of aromatic nitrogens is 1. The van der Waals surface area contributed by atoms with Gasteiger partial charge in [0.1, 0.15) is 11.5 Å². The third kappa shape index (κ3) is 2.56. The Morgan fingerprint density at radius 3 is 3.05 bits per heavy atom. The van der Waals surface area contributed by atoms with Crippen LogP contribution < -0.4 is 5.32 Å². The smallest absolute Gasteiger partial charge is 0.226 e. The van der Waals surface area contributed by atoms with Crippen molar-refractivity contribution in [3.8, 4) is 0 Å². The Hall–Kier alpha value is -2.56. The lowest BCUT2D eigenvalue weighted by molar-refractivity contribution is -0.120. The number of carbonyl (C=O) groups is 1. The molecule has 0 aliphatic rings. The molecule has 0 fully saturated rings. The van der Waals surface area contributed by atoms with E-state index in [0.717, 1.165) is 16.7 Å². The molecular formula is C15H14N2O3. The van der Waals surface area contributed by atoms with Crippen LogP contribution in [0.15, 0.2) is 45.5 Å². The molecule has 1 amide bonds. The summed E-state index contributed by atoms with van der Waals surface area (Å²) in [6.45, 7) is 2.37. The molecule has 0 radical (unpaired) electrons. The van der Waals surface area contributed by atoms with Crippen molar-refractivity contribution in [2.24, 2.45) is 0 Å². The van der Waals surface area contributed by atoms with Crippen molar-refractivity contribution < 1.29 is 13.7 Å². The largest absolute Gasteiger partial charge is 0.467 e. The second kappa shape index (κ2) is 5.21. The van der Waals surface area contributed by atoms with Crippen LogP contribution in [0.25, 0.3) is 11.0 Å².